The molecule has 3 heteroatoms. The molecule has 1 fully saturated rings. The smallest absolute Gasteiger partial charge is 0.0974 e. The molecule has 3 nitrogen and oxygen atoms in total. The van der Waals surface area contributed by atoms with Crippen LogP contribution in [0.3, 0.4) is 0 Å². The molecular weight excluding hydrogens is 334 g/mol. The van der Waals surface area contributed by atoms with Crippen molar-refractivity contribution in [1.29, 1.82) is 0 Å². The fraction of sp³-hybridized carbons (Fsp3) is 0.750. The van der Waals surface area contributed by atoms with E-state index in [0.717, 1.165) is 12.8 Å². The Morgan fingerprint density at radius 3 is 1.89 bits per heavy atom. The third-order valence-corrected chi connectivity index (χ3v) is 5.88. The summed E-state index contributed by atoms with van der Waals surface area (Å²) in [4.78, 5) is 0. The lowest BCUT2D eigenvalue weighted by atomic mass is 9.99. The second kappa shape index (κ2) is 13.3. The van der Waals surface area contributed by atoms with E-state index in [2.05, 4.69) is 31.2 Å². The van der Waals surface area contributed by atoms with E-state index in [1.165, 1.54) is 81.8 Å². The van der Waals surface area contributed by atoms with Crippen LogP contribution in [0.5, 0.6) is 0 Å². The van der Waals surface area contributed by atoms with Crippen LogP contribution in [0.25, 0.3) is 0 Å². The number of rotatable bonds is 14. The van der Waals surface area contributed by atoms with Crippen LogP contribution in [0.15, 0.2) is 24.3 Å². The van der Waals surface area contributed by atoms with Gasteiger partial charge in [0.05, 0.1) is 24.9 Å². The van der Waals surface area contributed by atoms with Crippen LogP contribution in [0.4, 0.5) is 0 Å². The molecule has 1 aliphatic rings. The third kappa shape index (κ3) is 8.76. The third-order valence-electron chi connectivity index (χ3n) is 5.88. The van der Waals surface area contributed by atoms with Crippen molar-refractivity contribution in [3.63, 3.8) is 0 Å². The fourth-order valence-electron chi connectivity index (χ4n) is 3.96. The van der Waals surface area contributed by atoms with Crippen molar-refractivity contribution in [2.45, 2.75) is 109 Å². The first kappa shape index (κ1) is 22.4. The molecule has 0 radical (unpaired) electrons. The molecule has 0 amide bonds. The quantitative estimate of drug-likeness (QED) is 0.441. The van der Waals surface area contributed by atoms with Gasteiger partial charge in [0.25, 0.3) is 0 Å². The van der Waals surface area contributed by atoms with E-state index in [1.807, 2.05) is 0 Å². The summed E-state index contributed by atoms with van der Waals surface area (Å²) in [5, 5.41) is 9.95. The molecular formula is C24H41NO2. The maximum atomic E-state index is 9.95. The number of benzene rings is 1. The molecule has 1 saturated heterocycles. The van der Waals surface area contributed by atoms with Gasteiger partial charge in [0.2, 0.25) is 0 Å². The van der Waals surface area contributed by atoms with E-state index < -0.39 is 6.10 Å². The molecule has 0 unspecified atom stereocenters. The number of aliphatic hydroxyl groups excluding tert-OH is 1. The van der Waals surface area contributed by atoms with Crippen molar-refractivity contribution in [2.75, 3.05) is 6.61 Å². The molecule has 27 heavy (non-hydrogen) atoms. The Hall–Kier alpha value is -0.900. The van der Waals surface area contributed by atoms with Crippen molar-refractivity contribution in [3.8, 4) is 0 Å². The highest BCUT2D eigenvalue weighted by atomic mass is 16.5. The molecule has 0 aromatic heterocycles. The zero-order valence-electron chi connectivity index (χ0n) is 17.4. The average Bonchev–Trinajstić information content (AvgIpc) is 3.01. The van der Waals surface area contributed by atoms with Gasteiger partial charge in [-0.05, 0) is 36.8 Å². The molecule has 1 aliphatic heterocycles. The van der Waals surface area contributed by atoms with Crippen molar-refractivity contribution in [1.82, 2.24) is 0 Å². The van der Waals surface area contributed by atoms with Crippen LogP contribution in [0.1, 0.15) is 88.7 Å². The van der Waals surface area contributed by atoms with Crippen LogP contribution < -0.4 is 5.73 Å². The monoisotopic (exact) mass is 375 g/mol. The molecule has 1 aromatic rings. The van der Waals surface area contributed by atoms with Gasteiger partial charge in [-0.25, -0.2) is 0 Å². The van der Waals surface area contributed by atoms with Crippen molar-refractivity contribution >= 4 is 0 Å². The number of ether oxygens (including phenoxy) is 1. The van der Waals surface area contributed by atoms with Crippen LogP contribution in [-0.2, 0) is 17.6 Å². The molecule has 1 heterocycles. The van der Waals surface area contributed by atoms with Crippen LogP contribution in [0, 0.1) is 0 Å². The molecule has 0 aliphatic carbocycles. The van der Waals surface area contributed by atoms with Gasteiger partial charge >= 0.3 is 0 Å². The summed E-state index contributed by atoms with van der Waals surface area (Å²) < 4.78 is 5.57. The van der Waals surface area contributed by atoms with Crippen molar-refractivity contribution < 1.29 is 9.84 Å². The minimum absolute atomic E-state index is 0.105. The highest BCUT2D eigenvalue weighted by molar-refractivity contribution is 5.22. The Morgan fingerprint density at radius 1 is 0.852 bits per heavy atom. The molecule has 3 atom stereocenters. The van der Waals surface area contributed by atoms with Gasteiger partial charge in [0.1, 0.15) is 0 Å². The van der Waals surface area contributed by atoms with Crippen LogP contribution >= 0.6 is 0 Å². The molecule has 0 spiro atoms. The fourth-order valence-corrected chi connectivity index (χ4v) is 3.96. The van der Waals surface area contributed by atoms with Gasteiger partial charge in [0, 0.05) is 0 Å². The summed E-state index contributed by atoms with van der Waals surface area (Å²) in [5.74, 6) is 0. The molecule has 0 saturated carbocycles. The van der Waals surface area contributed by atoms with E-state index in [4.69, 9.17) is 10.5 Å². The molecule has 154 valence electrons. The molecule has 2 rings (SSSR count). The summed E-state index contributed by atoms with van der Waals surface area (Å²) in [5.41, 5.74) is 8.55. The van der Waals surface area contributed by atoms with Gasteiger partial charge < -0.3 is 15.6 Å². The number of unbranched alkanes of at least 4 members (excludes halogenated alkanes) is 9. The lowest BCUT2D eigenvalue weighted by molar-refractivity contribution is 0.0362. The second-order valence-electron chi connectivity index (χ2n) is 8.31. The minimum Gasteiger partial charge on any atom is -0.389 e. The lowest BCUT2D eigenvalue weighted by Crippen LogP contribution is -2.36. The zero-order valence-corrected chi connectivity index (χ0v) is 17.4. The first-order chi connectivity index (χ1) is 13.2. The lowest BCUT2D eigenvalue weighted by Gasteiger charge is -2.15. The number of hydrogen-bond acceptors (Lipinski definition) is 3. The van der Waals surface area contributed by atoms with Crippen molar-refractivity contribution in [3.05, 3.63) is 35.4 Å². The first-order valence-electron chi connectivity index (χ1n) is 11.3. The molecule has 1 aromatic carbocycles. The van der Waals surface area contributed by atoms with E-state index in [-0.39, 0.29) is 12.1 Å². The summed E-state index contributed by atoms with van der Waals surface area (Å²) in [6.45, 7) is 2.75. The topological polar surface area (TPSA) is 55.5 Å². The predicted molar refractivity (Wildman–Crippen MR) is 114 cm³/mol. The van der Waals surface area contributed by atoms with Gasteiger partial charge in [0.15, 0.2) is 0 Å². The molecule has 3 N–H and O–H groups in total. The maximum absolute atomic E-state index is 9.95. The maximum Gasteiger partial charge on any atom is 0.0974 e. The minimum atomic E-state index is -0.513. The SMILES string of the molecule is CCCCCCCCCCCCc1ccc(CC[C@@H]2OC[C@@H](N)[C@@H]2O)cc1. The van der Waals surface area contributed by atoms with Gasteiger partial charge in [-0.1, -0.05) is 89.0 Å². The van der Waals surface area contributed by atoms with Crippen LogP contribution in [-0.4, -0.2) is 30.0 Å². The molecule has 0 bridgehead atoms. The summed E-state index contributed by atoms with van der Waals surface area (Å²) >= 11 is 0. The van der Waals surface area contributed by atoms with Crippen LogP contribution in [0.2, 0.25) is 0 Å². The van der Waals surface area contributed by atoms with E-state index >= 15 is 0 Å². The zero-order chi connectivity index (χ0) is 19.3. The Kier molecular flexibility index (Phi) is 11.0. The Bertz CT molecular complexity index is 488. The highest BCUT2D eigenvalue weighted by Gasteiger charge is 2.32. The Morgan fingerprint density at radius 2 is 1.37 bits per heavy atom. The van der Waals surface area contributed by atoms with E-state index in [0.29, 0.717) is 6.61 Å². The average molecular weight is 376 g/mol. The summed E-state index contributed by atoms with van der Waals surface area (Å²) in [7, 11) is 0. The number of aliphatic hydroxyl groups is 1. The highest BCUT2D eigenvalue weighted by Crippen LogP contribution is 2.19. The first-order valence-corrected chi connectivity index (χ1v) is 11.3. The number of nitrogens with two attached hydrogens (primary N) is 1. The Balaban J connectivity index is 1.50. The van der Waals surface area contributed by atoms with E-state index in [1.54, 1.807) is 0 Å². The number of aryl methyl sites for hydroxylation is 2. The summed E-state index contributed by atoms with van der Waals surface area (Å²) in [6, 6.07) is 8.76. The summed E-state index contributed by atoms with van der Waals surface area (Å²) in [6.07, 6.45) is 16.2. The van der Waals surface area contributed by atoms with E-state index in [9.17, 15) is 5.11 Å². The normalized spacial score (nSPS) is 22.4. The predicted octanol–water partition coefficient (Wildman–Crippen LogP) is 5.17. The van der Waals surface area contributed by atoms with Gasteiger partial charge in [-0.2, -0.15) is 0 Å². The second-order valence-corrected chi connectivity index (χ2v) is 8.31. The Labute approximate surface area is 166 Å². The van der Waals surface area contributed by atoms with Gasteiger partial charge in [-0.3, -0.25) is 0 Å². The van der Waals surface area contributed by atoms with Crippen molar-refractivity contribution in [2.24, 2.45) is 5.73 Å². The largest absolute Gasteiger partial charge is 0.389 e. The standard InChI is InChI=1S/C24H41NO2/c1-2-3-4-5-6-7-8-9-10-11-12-20-13-15-21(16-14-20)17-18-23-24(26)22(25)19-27-23/h13-16,22-24,26H,2-12,17-19,25H2,1H3/t22-,23+,24+/m1/s1. The van der Waals surface area contributed by atoms with Gasteiger partial charge in [-0.15, -0.1) is 0 Å². The number of hydrogen-bond donors (Lipinski definition) is 2.